The maximum absolute atomic E-state index is 10.8. The zero-order valence-electron chi connectivity index (χ0n) is 8.79. The van der Waals surface area contributed by atoms with Gasteiger partial charge < -0.3 is 15.3 Å². The summed E-state index contributed by atoms with van der Waals surface area (Å²) < 4.78 is 4.88. The maximum Gasteiger partial charge on any atom is 0.372 e. The minimum Gasteiger partial charge on any atom is -0.475 e. The van der Waals surface area contributed by atoms with Crippen LogP contribution >= 0.6 is 11.8 Å². The Morgan fingerprint density at radius 1 is 1.47 bits per heavy atom. The molecule has 5 nitrogen and oxygen atoms in total. The average Bonchev–Trinajstić information content (AvgIpc) is 2.76. The van der Waals surface area contributed by atoms with Crippen molar-refractivity contribution in [3.05, 3.63) is 42.0 Å². The number of pyridine rings is 1. The maximum atomic E-state index is 10.8. The Morgan fingerprint density at radius 3 is 2.94 bits per heavy atom. The molecule has 3 N–H and O–H groups in total. The summed E-state index contributed by atoms with van der Waals surface area (Å²) in [5.41, 5.74) is 6.76. The SMILES string of the molecule is Nc1ccc(SCc2ccoc2C(=O)O)nc1. The number of rotatable bonds is 4. The van der Waals surface area contributed by atoms with Crippen LogP contribution in [0.4, 0.5) is 5.69 Å². The van der Waals surface area contributed by atoms with Crippen molar-refractivity contribution in [1.29, 1.82) is 0 Å². The van der Waals surface area contributed by atoms with Crippen molar-refractivity contribution in [3.63, 3.8) is 0 Å². The van der Waals surface area contributed by atoms with Crippen LogP contribution in [-0.2, 0) is 5.75 Å². The van der Waals surface area contributed by atoms with E-state index in [-0.39, 0.29) is 5.76 Å². The van der Waals surface area contributed by atoms with Gasteiger partial charge in [0, 0.05) is 11.3 Å². The van der Waals surface area contributed by atoms with Crippen LogP contribution in [-0.4, -0.2) is 16.1 Å². The van der Waals surface area contributed by atoms with Gasteiger partial charge in [0.05, 0.1) is 23.2 Å². The number of nitrogens with two attached hydrogens (primary N) is 1. The number of nitrogen functional groups attached to an aromatic ring is 1. The minimum atomic E-state index is -1.06. The highest BCUT2D eigenvalue weighted by Crippen LogP contribution is 2.23. The van der Waals surface area contributed by atoms with Crippen LogP contribution in [0.2, 0.25) is 0 Å². The van der Waals surface area contributed by atoms with Gasteiger partial charge in [-0.05, 0) is 18.2 Å². The Labute approximate surface area is 102 Å². The molecule has 0 saturated carbocycles. The molecule has 2 rings (SSSR count). The highest BCUT2D eigenvalue weighted by Gasteiger charge is 2.13. The molecule has 6 heteroatoms. The molecule has 0 bridgehead atoms. The number of hydrogen-bond acceptors (Lipinski definition) is 5. The first-order valence-corrected chi connectivity index (χ1v) is 5.79. The van der Waals surface area contributed by atoms with Crippen LogP contribution in [0.1, 0.15) is 16.1 Å². The summed E-state index contributed by atoms with van der Waals surface area (Å²) >= 11 is 1.43. The number of aromatic carboxylic acids is 1. The molecule has 2 aromatic heterocycles. The molecule has 0 unspecified atom stereocenters. The second-order valence-electron chi connectivity index (χ2n) is 3.30. The molecule has 0 radical (unpaired) electrons. The number of nitrogens with zero attached hydrogens (tertiary/aromatic N) is 1. The molecule has 0 fully saturated rings. The molecule has 2 heterocycles. The summed E-state index contributed by atoms with van der Waals surface area (Å²) in [6, 6.07) is 5.19. The van der Waals surface area contributed by atoms with E-state index in [1.807, 2.05) is 0 Å². The number of carboxylic acids is 1. The number of thioether (sulfide) groups is 1. The molecule has 0 aliphatic heterocycles. The smallest absolute Gasteiger partial charge is 0.372 e. The molecular formula is C11H10N2O3S. The third kappa shape index (κ3) is 2.79. The molecule has 0 amide bonds. The Balaban J connectivity index is 2.05. The third-order valence-electron chi connectivity index (χ3n) is 2.08. The van der Waals surface area contributed by atoms with Gasteiger partial charge in [-0.15, -0.1) is 11.8 Å². The predicted molar refractivity (Wildman–Crippen MR) is 63.9 cm³/mol. The fraction of sp³-hybridized carbons (Fsp3) is 0.0909. The quantitative estimate of drug-likeness (QED) is 0.809. The average molecular weight is 250 g/mol. The van der Waals surface area contributed by atoms with Crippen molar-refractivity contribution >= 4 is 23.4 Å². The van der Waals surface area contributed by atoms with Crippen LogP contribution in [0.3, 0.4) is 0 Å². The van der Waals surface area contributed by atoms with Crippen molar-refractivity contribution in [2.75, 3.05) is 5.73 Å². The highest BCUT2D eigenvalue weighted by molar-refractivity contribution is 7.98. The molecular weight excluding hydrogens is 240 g/mol. The van der Waals surface area contributed by atoms with Gasteiger partial charge in [0.2, 0.25) is 5.76 Å². The topological polar surface area (TPSA) is 89.3 Å². The second kappa shape index (κ2) is 4.92. The lowest BCUT2D eigenvalue weighted by Crippen LogP contribution is -1.97. The number of carbonyl (C=O) groups is 1. The fourth-order valence-corrected chi connectivity index (χ4v) is 2.09. The minimum absolute atomic E-state index is 0.0204. The van der Waals surface area contributed by atoms with E-state index in [0.29, 0.717) is 17.0 Å². The van der Waals surface area contributed by atoms with E-state index < -0.39 is 5.97 Å². The molecule has 0 aliphatic carbocycles. The fourth-order valence-electron chi connectivity index (χ4n) is 1.27. The molecule has 0 spiro atoms. The molecule has 0 atom stereocenters. The van der Waals surface area contributed by atoms with Crippen LogP contribution < -0.4 is 5.73 Å². The first-order chi connectivity index (χ1) is 8.16. The van der Waals surface area contributed by atoms with Crippen molar-refractivity contribution in [2.24, 2.45) is 0 Å². The summed E-state index contributed by atoms with van der Waals surface area (Å²) in [4.78, 5) is 14.9. The summed E-state index contributed by atoms with van der Waals surface area (Å²) in [5, 5.41) is 9.64. The summed E-state index contributed by atoms with van der Waals surface area (Å²) in [5.74, 6) is -0.585. The van der Waals surface area contributed by atoms with E-state index in [9.17, 15) is 4.79 Å². The Hall–Kier alpha value is -1.95. The van der Waals surface area contributed by atoms with E-state index in [4.69, 9.17) is 15.3 Å². The van der Waals surface area contributed by atoms with Crippen molar-refractivity contribution in [1.82, 2.24) is 4.98 Å². The van der Waals surface area contributed by atoms with Gasteiger partial charge >= 0.3 is 5.97 Å². The van der Waals surface area contributed by atoms with Gasteiger partial charge in [-0.3, -0.25) is 0 Å². The normalized spacial score (nSPS) is 10.4. The molecule has 17 heavy (non-hydrogen) atoms. The van der Waals surface area contributed by atoms with Gasteiger partial charge in [0.15, 0.2) is 0 Å². The lowest BCUT2D eigenvalue weighted by Gasteiger charge is -2.00. The lowest BCUT2D eigenvalue weighted by atomic mass is 10.3. The van der Waals surface area contributed by atoms with E-state index in [2.05, 4.69) is 4.98 Å². The Bertz CT molecular complexity index is 522. The molecule has 0 saturated heterocycles. The zero-order valence-corrected chi connectivity index (χ0v) is 9.61. The Morgan fingerprint density at radius 2 is 2.29 bits per heavy atom. The second-order valence-corrected chi connectivity index (χ2v) is 4.29. The van der Waals surface area contributed by atoms with Gasteiger partial charge in [-0.1, -0.05) is 0 Å². The highest BCUT2D eigenvalue weighted by atomic mass is 32.2. The third-order valence-corrected chi connectivity index (χ3v) is 3.07. The standard InChI is InChI=1S/C11H10N2O3S/c12-8-1-2-9(13-5-8)17-6-7-3-4-16-10(7)11(14)15/h1-5H,6,12H2,(H,14,15). The van der Waals surface area contributed by atoms with Gasteiger partial charge in [0.1, 0.15) is 0 Å². The van der Waals surface area contributed by atoms with Crippen molar-refractivity contribution in [2.45, 2.75) is 10.8 Å². The van der Waals surface area contributed by atoms with Crippen LogP contribution in [0.5, 0.6) is 0 Å². The monoisotopic (exact) mass is 250 g/mol. The molecule has 0 aliphatic rings. The van der Waals surface area contributed by atoms with Gasteiger partial charge in [0.25, 0.3) is 0 Å². The Kier molecular flexibility index (Phi) is 3.34. The first kappa shape index (κ1) is 11.5. The number of anilines is 1. The lowest BCUT2D eigenvalue weighted by molar-refractivity contribution is 0.0661. The van der Waals surface area contributed by atoms with Gasteiger partial charge in [-0.25, -0.2) is 9.78 Å². The van der Waals surface area contributed by atoms with Crippen molar-refractivity contribution in [3.8, 4) is 0 Å². The van der Waals surface area contributed by atoms with E-state index in [0.717, 1.165) is 5.03 Å². The van der Waals surface area contributed by atoms with E-state index in [1.165, 1.54) is 18.0 Å². The first-order valence-electron chi connectivity index (χ1n) is 4.81. The van der Waals surface area contributed by atoms with Crippen molar-refractivity contribution < 1.29 is 14.3 Å². The summed E-state index contributed by atoms with van der Waals surface area (Å²) in [6.07, 6.45) is 2.94. The summed E-state index contributed by atoms with van der Waals surface area (Å²) in [7, 11) is 0. The molecule has 2 aromatic rings. The number of furan rings is 1. The summed E-state index contributed by atoms with van der Waals surface area (Å²) in [6.45, 7) is 0. The van der Waals surface area contributed by atoms with Gasteiger partial charge in [-0.2, -0.15) is 0 Å². The number of hydrogen-bond donors (Lipinski definition) is 2. The predicted octanol–water partition coefficient (Wildman–Crippen LogP) is 2.25. The van der Waals surface area contributed by atoms with Crippen LogP contribution in [0, 0.1) is 0 Å². The molecule has 88 valence electrons. The van der Waals surface area contributed by atoms with E-state index >= 15 is 0 Å². The van der Waals surface area contributed by atoms with Crippen LogP contribution in [0.25, 0.3) is 0 Å². The molecule has 0 aromatic carbocycles. The number of carboxylic acid groups (broad SMARTS) is 1. The van der Waals surface area contributed by atoms with Crippen LogP contribution in [0.15, 0.2) is 40.1 Å². The number of aromatic nitrogens is 1. The van der Waals surface area contributed by atoms with E-state index in [1.54, 1.807) is 24.4 Å². The zero-order chi connectivity index (χ0) is 12.3. The largest absolute Gasteiger partial charge is 0.475 e.